The molecule has 1 atom stereocenters. The Morgan fingerprint density at radius 1 is 1.42 bits per heavy atom. The lowest BCUT2D eigenvalue weighted by Crippen LogP contribution is -2.53. The maximum atomic E-state index is 5.72. The number of piperidine rings is 1. The molecule has 3 heterocycles. The summed E-state index contributed by atoms with van der Waals surface area (Å²) in [6, 6.07) is 3.97. The van der Waals surface area contributed by atoms with E-state index in [1.165, 1.54) is 25.9 Å². The van der Waals surface area contributed by atoms with E-state index in [1.54, 1.807) is 0 Å². The van der Waals surface area contributed by atoms with E-state index in [4.69, 9.17) is 4.42 Å². The van der Waals surface area contributed by atoms with Gasteiger partial charge < -0.3 is 9.73 Å². The number of hydrogen-bond donors (Lipinski definition) is 2. The van der Waals surface area contributed by atoms with Crippen molar-refractivity contribution in [1.82, 2.24) is 20.4 Å². The van der Waals surface area contributed by atoms with Crippen molar-refractivity contribution in [2.24, 2.45) is 5.92 Å². The number of H-pyrrole nitrogens is 1. The summed E-state index contributed by atoms with van der Waals surface area (Å²) in [7, 11) is 0. The van der Waals surface area contributed by atoms with Crippen molar-refractivity contribution < 1.29 is 4.42 Å². The average Bonchev–Trinajstić information content (AvgIpc) is 3.16. The first-order valence-corrected chi connectivity index (χ1v) is 9.00. The van der Waals surface area contributed by atoms with Gasteiger partial charge in [0.2, 0.25) is 0 Å². The number of aromatic amines is 1. The molecule has 0 aliphatic carbocycles. The molecule has 24 heavy (non-hydrogen) atoms. The highest BCUT2D eigenvalue weighted by atomic mass is 16.3. The molecular formula is C19H30N4O. The first kappa shape index (κ1) is 17.2. The van der Waals surface area contributed by atoms with Crippen LogP contribution in [0.5, 0.6) is 0 Å². The Morgan fingerprint density at radius 3 is 2.96 bits per heavy atom. The molecule has 1 aliphatic heterocycles. The molecule has 5 nitrogen and oxygen atoms in total. The number of likely N-dealkylation sites (tertiary alicyclic amines) is 1. The molecule has 1 unspecified atom stereocenters. The number of rotatable bonds is 6. The Bertz CT molecular complexity index is 658. The first-order chi connectivity index (χ1) is 11.5. The van der Waals surface area contributed by atoms with Gasteiger partial charge in [-0.15, -0.1) is 0 Å². The number of furan rings is 1. The van der Waals surface area contributed by atoms with Crippen LogP contribution in [0, 0.1) is 12.8 Å². The predicted octanol–water partition coefficient (Wildman–Crippen LogP) is 3.58. The van der Waals surface area contributed by atoms with E-state index < -0.39 is 0 Å². The van der Waals surface area contributed by atoms with Gasteiger partial charge in [-0.3, -0.25) is 10.00 Å². The van der Waals surface area contributed by atoms with Gasteiger partial charge in [-0.25, -0.2) is 0 Å². The molecule has 132 valence electrons. The second-order valence-corrected chi connectivity index (χ2v) is 7.79. The molecule has 5 heteroatoms. The van der Waals surface area contributed by atoms with Crippen molar-refractivity contribution in [2.45, 2.75) is 52.6 Å². The molecule has 0 saturated carbocycles. The molecule has 0 bridgehead atoms. The van der Waals surface area contributed by atoms with E-state index in [9.17, 15) is 0 Å². The highest BCUT2D eigenvalue weighted by molar-refractivity contribution is 5.56. The Kier molecular flexibility index (Phi) is 5.11. The summed E-state index contributed by atoms with van der Waals surface area (Å²) in [4.78, 5) is 2.63. The number of hydrogen-bond acceptors (Lipinski definition) is 4. The summed E-state index contributed by atoms with van der Waals surface area (Å²) in [5, 5.41) is 10.9. The van der Waals surface area contributed by atoms with Crippen molar-refractivity contribution in [2.75, 3.05) is 19.6 Å². The van der Waals surface area contributed by atoms with Crippen LogP contribution in [0.15, 0.2) is 22.7 Å². The van der Waals surface area contributed by atoms with Crippen LogP contribution in [0.1, 0.15) is 44.9 Å². The average molecular weight is 330 g/mol. The molecule has 2 aromatic rings. The van der Waals surface area contributed by atoms with Crippen molar-refractivity contribution in [3.05, 3.63) is 29.7 Å². The topological polar surface area (TPSA) is 57.1 Å². The van der Waals surface area contributed by atoms with E-state index in [-0.39, 0.29) is 5.54 Å². The molecule has 0 amide bonds. The van der Waals surface area contributed by atoms with Crippen molar-refractivity contribution in [3.63, 3.8) is 0 Å². The fourth-order valence-electron chi connectivity index (χ4n) is 3.58. The standard InChI is InChI=1S/C19H30N4O/c1-14-6-5-9-23(12-14)19(3,4)13-20-10-16-11-21-22-18(16)17-8-7-15(2)24-17/h7-8,11,14,20H,5-6,9-10,12-13H2,1-4H3,(H,21,22). The van der Waals surface area contributed by atoms with Crippen LogP contribution in [0.4, 0.5) is 0 Å². The molecule has 1 saturated heterocycles. The SMILES string of the molecule is Cc1ccc(-c2[nH]ncc2CNCC(C)(C)N2CCCC(C)C2)o1. The highest BCUT2D eigenvalue weighted by Crippen LogP contribution is 2.25. The van der Waals surface area contributed by atoms with Gasteiger partial charge >= 0.3 is 0 Å². The Labute approximate surface area is 144 Å². The minimum atomic E-state index is 0.167. The second-order valence-electron chi connectivity index (χ2n) is 7.79. The predicted molar refractivity (Wildman–Crippen MR) is 96.8 cm³/mol. The number of aryl methyl sites for hydroxylation is 1. The molecule has 1 fully saturated rings. The Hall–Kier alpha value is -1.59. The van der Waals surface area contributed by atoms with E-state index in [2.05, 4.69) is 41.2 Å². The molecule has 0 radical (unpaired) electrons. The van der Waals surface area contributed by atoms with Gasteiger partial charge in [0.1, 0.15) is 11.5 Å². The lowest BCUT2D eigenvalue weighted by Gasteiger charge is -2.43. The summed E-state index contributed by atoms with van der Waals surface area (Å²) in [6.07, 6.45) is 4.56. The van der Waals surface area contributed by atoms with E-state index in [1.807, 2.05) is 25.3 Å². The van der Waals surface area contributed by atoms with Crippen LogP contribution in [0.2, 0.25) is 0 Å². The summed E-state index contributed by atoms with van der Waals surface area (Å²) >= 11 is 0. The zero-order chi connectivity index (χ0) is 17.2. The van der Waals surface area contributed by atoms with Gasteiger partial charge in [0.05, 0.1) is 6.20 Å². The van der Waals surface area contributed by atoms with Gasteiger partial charge in [-0.05, 0) is 58.2 Å². The first-order valence-electron chi connectivity index (χ1n) is 9.00. The molecule has 2 aromatic heterocycles. The lowest BCUT2D eigenvalue weighted by molar-refractivity contribution is 0.0707. The van der Waals surface area contributed by atoms with E-state index in [0.717, 1.165) is 41.8 Å². The molecule has 2 N–H and O–H groups in total. The van der Waals surface area contributed by atoms with Crippen LogP contribution in [-0.4, -0.2) is 40.3 Å². The minimum Gasteiger partial charge on any atom is -0.460 e. The Balaban J connectivity index is 1.58. The van der Waals surface area contributed by atoms with Crippen LogP contribution in [0.3, 0.4) is 0 Å². The molecule has 1 aliphatic rings. The van der Waals surface area contributed by atoms with Gasteiger partial charge in [0.15, 0.2) is 5.76 Å². The van der Waals surface area contributed by atoms with Crippen molar-refractivity contribution in [1.29, 1.82) is 0 Å². The summed E-state index contributed by atoms with van der Waals surface area (Å²) < 4.78 is 5.72. The molecule has 3 rings (SSSR count). The highest BCUT2D eigenvalue weighted by Gasteiger charge is 2.29. The third kappa shape index (κ3) is 3.90. The maximum Gasteiger partial charge on any atom is 0.152 e. The van der Waals surface area contributed by atoms with Crippen molar-refractivity contribution >= 4 is 0 Å². The van der Waals surface area contributed by atoms with Crippen LogP contribution in [-0.2, 0) is 6.54 Å². The monoisotopic (exact) mass is 330 g/mol. The third-order valence-electron chi connectivity index (χ3n) is 5.09. The van der Waals surface area contributed by atoms with Crippen molar-refractivity contribution in [3.8, 4) is 11.5 Å². The minimum absolute atomic E-state index is 0.167. The van der Waals surface area contributed by atoms with Gasteiger partial charge in [0.25, 0.3) is 0 Å². The number of nitrogens with zero attached hydrogens (tertiary/aromatic N) is 2. The van der Waals surface area contributed by atoms with E-state index >= 15 is 0 Å². The smallest absolute Gasteiger partial charge is 0.152 e. The van der Waals surface area contributed by atoms with Gasteiger partial charge in [-0.2, -0.15) is 5.10 Å². The molecule has 0 aromatic carbocycles. The van der Waals surface area contributed by atoms with E-state index in [0.29, 0.717) is 0 Å². The summed E-state index contributed by atoms with van der Waals surface area (Å²) in [6.45, 7) is 13.2. The van der Waals surface area contributed by atoms with Crippen LogP contribution in [0.25, 0.3) is 11.5 Å². The lowest BCUT2D eigenvalue weighted by atomic mass is 9.93. The van der Waals surface area contributed by atoms with Gasteiger partial charge in [-0.1, -0.05) is 6.92 Å². The van der Waals surface area contributed by atoms with Gasteiger partial charge in [0, 0.05) is 30.7 Å². The second kappa shape index (κ2) is 7.11. The zero-order valence-electron chi connectivity index (χ0n) is 15.4. The fraction of sp³-hybridized carbons (Fsp3) is 0.632. The normalized spacial score (nSPS) is 19.8. The quantitative estimate of drug-likeness (QED) is 0.850. The number of aromatic nitrogens is 2. The maximum absolute atomic E-state index is 5.72. The third-order valence-corrected chi connectivity index (χ3v) is 5.09. The zero-order valence-corrected chi connectivity index (χ0v) is 15.4. The van der Waals surface area contributed by atoms with Crippen LogP contribution >= 0.6 is 0 Å². The largest absolute Gasteiger partial charge is 0.460 e. The fourth-order valence-corrected chi connectivity index (χ4v) is 3.58. The summed E-state index contributed by atoms with van der Waals surface area (Å²) in [5.41, 5.74) is 2.28. The number of nitrogens with one attached hydrogen (secondary N) is 2. The van der Waals surface area contributed by atoms with Crippen LogP contribution < -0.4 is 5.32 Å². The molecular weight excluding hydrogens is 300 g/mol. The summed E-state index contributed by atoms with van der Waals surface area (Å²) in [5.74, 6) is 2.57. The molecule has 0 spiro atoms. The Morgan fingerprint density at radius 2 is 2.25 bits per heavy atom.